The summed E-state index contributed by atoms with van der Waals surface area (Å²) in [5, 5.41) is 2.75. The summed E-state index contributed by atoms with van der Waals surface area (Å²) in [7, 11) is 3.17. The van der Waals surface area contributed by atoms with Crippen LogP contribution in [0.4, 0.5) is 5.69 Å². The largest absolute Gasteiger partial charge is 0.497 e. The quantitative estimate of drug-likeness (QED) is 0.751. The van der Waals surface area contributed by atoms with E-state index in [0.717, 1.165) is 3.57 Å². The summed E-state index contributed by atoms with van der Waals surface area (Å²) in [6.07, 6.45) is 0. The fourth-order valence-electron chi connectivity index (χ4n) is 2.03. The maximum atomic E-state index is 12.3. The Morgan fingerprint density at radius 3 is 2.61 bits per heavy atom. The number of rotatable bonds is 5. The van der Waals surface area contributed by atoms with Crippen molar-refractivity contribution >= 4 is 40.1 Å². The molecule has 6 heteroatoms. The summed E-state index contributed by atoms with van der Waals surface area (Å²) in [6, 6.07) is 14.3. The first-order valence-electron chi connectivity index (χ1n) is 6.94. The minimum absolute atomic E-state index is 0.0263. The van der Waals surface area contributed by atoms with E-state index in [9.17, 15) is 9.59 Å². The molecule has 5 nitrogen and oxygen atoms in total. The molecule has 120 valence electrons. The Kier molecular flexibility index (Phi) is 5.97. The summed E-state index contributed by atoms with van der Waals surface area (Å²) in [5.74, 6) is 0.204. The second kappa shape index (κ2) is 7.96. The molecule has 0 saturated carbocycles. The third-order valence-electron chi connectivity index (χ3n) is 3.15. The van der Waals surface area contributed by atoms with Gasteiger partial charge in [0.05, 0.1) is 13.7 Å². The Hall–Kier alpha value is -2.09. The van der Waals surface area contributed by atoms with E-state index in [0.29, 0.717) is 17.0 Å². The lowest BCUT2D eigenvalue weighted by Gasteiger charge is -2.17. The van der Waals surface area contributed by atoms with Gasteiger partial charge in [-0.1, -0.05) is 12.1 Å². The molecule has 0 aliphatic heterocycles. The Labute approximate surface area is 148 Å². The molecule has 1 N–H and O–H groups in total. The molecule has 2 aromatic carbocycles. The van der Waals surface area contributed by atoms with E-state index >= 15 is 0 Å². The molecular formula is C17H17IN2O3. The van der Waals surface area contributed by atoms with Crippen LogP contribution in [0.15, 0.2) is 48.5 Å². The number of halogens is 1. The number of hydrogen-bond donors (Lipinski definition) is 1. The zero-order chi connectivity index (χ0) is 16.8. The first kappa shape index (κ1) is 17.3. The third kappa shape index (κ3) is 4.95. The van der Waals surface area contributed by atoms with Crippen LogP contribution >= 0.6 is 22.6 Å². The first-order valence-corrected chi connectivity index (χ1v) is 8.02. The van der Waals surface area contributed by atoms with Crippen molar-refractivity contribution in [2.75, 3.05) is 26.0 Å². The highest BCUT2D eigenvalue weighted by atomic mass is 127. The lowest BCUT2D eigenvalue weighted by Crippen LogP contribution is -2.34. The number of amides is 2. The van der Waals surface area contributed by atoms with Crippen LogP contribution in [0.25, 0.3) is 0 Å². The molecule has 0 spiro atoms. The van der Waals surface area contributed by atoms with E-state index in [1.807, 2.05) is 12.1 Å². The standard InChI is InChI=1S/C17H17IN2O3/c1-20(17(22)12-5-3-6-13(18)9-12)11-16(21)19-14-7-4-8-15(10-14)23-2/h3-10H,11H2,1-2H3,(H,19,21). The van der Waals surface area contributed by atoms with Crippen LogP contribution in [0.5, 0.6) is 5.75 Å². The summed E-state index contributed by atoms with van der Waals surface area (Å²) in [6.45, 7) is -0.0263. The van der Waals surface area contributed by atoms with Gasteiger partial charge in [0.15, 0.2) is 0 Å². The molecule has 0 aliphatic rings. The molecule has 0 radical (unpaired) electrons. The highest BCUT2D eigenvalue weighted by molar-refractivity contribution is 14.1. The number of nitrogens with zero attached hydrogens (tertiary/aromatic N) is 1. The second-order valence-electron chi connectivity index (χ2n) is 4.95. The van der Waals surface area contributed by atoms with E-state index in [-0.39, 0.29) is 18.4 Å². The molecule has 0 aromatic heterocycles. The van der Waals surface area contributed by atoms with Crippen molar-refractivity contribution < 1.29 is 14.3 Å². The predicted octanol–water partition coefficient (Wildman–Crippen LogP) is 3.01. The maximum absolute atomic E-state index is 12.3. The summed E-state index contributed by atoms with van der Waals surface area (Å²) >= 11 is 2.15. The lowest BCUT2D eigenvalue weighted by atomic mass is 10.2. The second-order valence-corrected chi connectivity index (χ2v) is 6.20. The first-order chi connectivity index (χ1) is 11.0. The van der Waals surface area contributed by atoms with Crippen molar-refractivity contribution in [1.82, 2.24) is 4.90 Å². The van der Waals surface area contributed by atoms with E-state index < -0.39 is 0 Å². The number of hydrogen-bond acceptors (Lipinski definition) is 3. The summed E-state index contributed by atoms with van der Waals surface area (Å²) < 4.78 is 6.08. The Bertz CT molecular complexity index is 718. The number of benzene rings is 2. The normalized spacial score (nSPS) is 10.0. The van der Waals surface area contributed by atoms with Gasteiger partial charge in [0.2, 0.25) is 5.91 Å². The number of likely N-dealkylation sites (N-methyl/N-ethyl adjacent to an activating group) is 1. The number of nitrogens with one attached hydrogen (secondary N) is 1. The van der Waals surface area contributed by atoms with Gasteiger partial charge in [0.25, 0.3) is 5.91 Å². The van der Waals surface area contributed by atoms with Crippen molar-refractivity contribution in [3.8, 4) is 5.75 Å². The van der Waals surface area contributed by atoms with Crippen molar-refractivity contribution in [2.24, 2.45) is 0 Å². The number of ether oxygens (including phenoxy) is 1. The summed E-state index contributed by atoms with van der Waals surface area (Å²) in [4.78, 5) is 25.8. The van der Waals surface area contributed by atoms with Gasteiger partial charge in [-0.05, 0) is 52.9 Å². The van der Waals surface area contributed by atoms with Gasteiger partial charge < -0.3 is 15.0 Å². The topological polar surface area (TPSA) is 58.6 Å². The third-order valence-corrected chi connectivity index (χ3v) is 3.82. The Morgan fingerprint density at radius 2 is 1.91 bits per heavy atom. The highest BCUT2D eigenvalue weighted by Gasteiger charge is 2.15. The molecule has 0 saturated heterocycles. The molecular weight excluding hydrogens is 407 g/mol. The minimum atomic E-state index is -0.264. The highest BCUT2D eigenvalue weighted by Crippen LogP contribution is 2.16. The van der Waals surface area contributed by atoms with Gasteiger partial charge in [0, 0.05) is 27.9 Å². The van der Waals surface area contributed by atoms with Gasteiger partial charge in [-0.2, -0.15) is 0 Å². The van der Waals surface area contributed by atoms with Crippen molar-refractivity contribution in [3.63, 3.8) is 0 Å². The molecule has 0 fully saturated rings. The van der Waals surface area contributed by atoms with Crippen molar-refractivity contribution in [3.05, 3.63) is 57.7 Å². The summed E-state index contributed by atoms with van der Waals surface area (Å²) in [5.41, 5.74) is 1.19. The molecule has 0 unspecified atom stereocenters. The monoisotopic (exact) mass is 424 g/mol. The average Bonchev–Trinajstić information content (AvgIpc) is 2.54. The molecule has 2 amide bonds. The van der Waals surface area contributed by atoms with Crippen molar-refractivity contribution in [2.45, 2.75) is 0 Å². The van der Waals surface area contributed by atoms with Crippen LogP contribution in [-0.2, 0) is 4.79 Å². The maximum Gasteiger partial charge on any atom is 0.254 e. The van der Waals surface area contributed by atoms with Crippen LogP contribution in [0.2, 0.25) is 0 Å². The number of anilines is 1. The lowest BCUT2D eigenvalue weighted by molar-refractivity contribution is -0.116. The van der Waals surface area contributed by atoms with Crippen molar-refractivity contribution in [1.29, 1.82) is 0 Å². The van der Waals surface area contributed by atoms with Crippen LogP contribution in [0.1, 0.15) is 10.4 Å². The van der Waals surface area contributed by atoms with Crippen LogP contribution in [-0.4, -0.2) is 37.4 Å². The van der Waals surface area contributed by atoms with Gasteiger partial charge in [-0.3, -0.25) is 9.59 Å². The number of carbonyl (C=O) groups is 2. The molecule has 0 aliphatic carbocycles. The molecule has 2 rings (SSSR count). The molecule has 0 heterocycles. The van der Waals surface area contributed by atoms with E-state index in [2.05, 4.69) is 27.9 Å². The number of methoxy groups -OCH3 is 1. The minimum Gasteiger partial charge on any atom is -0.497 e. The van der Waals surface area contributed by atoms with Crippen LogP contribution in [0, 0.1) is 3.57 Å². The molecule has 2 aromatic rings. The molecule has 23 heavy (non-hydrogen) atoms. The van der Waals surface area contributed by atoms with Gasteiger partial charge in [0.1, 0.15) is 5.75 Å². The van der Waals surface area contributed by atoms with Gasteiger partial charge in [-0.25, -0.2) is 0 Å². The predicted molar refractivity (Wildman–Crippen MR) is 97.7 cm³/mol. The van der Waals surface area contributed by atoms with Gasteiger partial charge in [-0.15, -0.1) is 0 Å². The SMILES string of the molecule is COc1cccc(NC(=O)CN(C)C(=O)c2cccc(I)c2)c1. The zero-order valence-corrected chi connectivity index (χ0v) is 15.0. The molecule has 0 atom stereocenters. The average molecular weight is 424 g/mol. The molecule has 0 bridgehead atoms. The van der Waals surface area contributed by atoms with Gasteiger partial charge >= 0.3 is 0 Å². The Balaban J connectivity index is 1.97. The van der Waals surface area contributed by atoms with Crippen LogP contribution in [0.3, 0.4) is 0 Å². The number of carbonyl (C=O) groups excluding carboxylic acids is 2. The fraction of sp³-hybridized carbons (Fsp3) is 0.176. The van der Waals surface area contributed by atoms with Crippen LogP contribution < -0.4 is 10.1 Å². The Morgan fingerprint density at radius 1 is 1.17 bits per heavy atom. The van der Waals surface area contributed by atoms with E-state index in [4.69, 9.17) is 4.74 Å². The zero-order valence-electron chi connectivity index (χ0n) is 12.9. The van der Waals surface area contributed by atoms with E-state index in [1.165, 1.54) is 4.90 Å². The fourth-order valence-corrected chi connectivity index (χ4v) is 2.57. The smallest absolute Gasteiger partial charge is 0.254 e. The van der Waals surface area contributed by atoms with E-state index in [1.54, 1.807) is 50.6 Å².